The number of sulfonamides is 1. The van der Waals surface area contributed by atoms with Crippen molar-refractivity contribution in [2.24, 2.45) is 0 Å². The summed E-state index contributed by atoms with van der Waals surface area (Å²) in [5.41, 5.74) is 3.64. The predicted octanol–water partition coefficient (Wildman–Crippen LogP) is 3.28. The second kappa shape index (κ2) is 6.53. The zero-order valence-electron chi connectivity index (χ0n) is 14.1. The lowest BCUT2D eigenvalue weighted by molar-refractivity contribution is 0.600. The largest absolute Gasteiger partial charge is 0.280 e. The molecule has 0 fully saturated rings. The molecule has 0 bridgehead atoms. The molecule has 3 aromatic rings. The molecule has 1 N–H and O–H groups in total. The number of thiol groups is 1. The van der Waals surface area contributed by atoms with Gasteiger partial charge in [0.2, 0.25) is 0 Å². The molecule has 0 aliphatic carbocycles. The summed E-state index contributed by atoms with van der Waals surface area (Å²) in [4.78, 5) is 0.308. The normalized spacial score (nSPS) is 11.5. The maximum atomic E-state index is 12.9. The van der Waals surface area contributed by atoms with Crippen molar-refractivity contribution < 1.29 is 8.42 Å². The molecule has 0 saturated heterocycles. The molecule has 0 spiro atoms. The van der Waals surface area contributed by atoms with Gasteiger partial charge in [0.05, 0.1) is 16.3 Å². The first-order valence-corrected chi connectivity index (χ1v) is 9.51. The van der Waals surface area contributed by atoms with Gasteiger partial charge < -0.3 is 0 Å². The van der Waals surface area contributed by atoms with E-state index >= 15 is 0 Å². The molecule has 0 atom stereocenters. The Labute approximate surface area is 152 Å². The highest BCUT2D eigenvalue weighted by molar-refractivity contribution is 7.92. The molecule has 2 aromatic carbocycles. The highest BCUT2D eigenvalue weighted by atomic mass is 32.2. The average molecular weight is 374 g/mol. The van der Waals surface area contributed by atoms with Crippen LogP contribution in [0.3, 0.4) is 0 Å². The minimum atomic E-state index is -3.70. The quantitative estimate of drug-likeness (QED) is 0.687. The number of benzene rings is 2. The number of aromatic nitrogens is 3. The van der Waals surface area contributed by atoms with E-state index in [1.807, 2.05) is 25.1 Å². The Balaban J connectivity index is 1.99. The molecular formula is C17H18N4O2S2. The van der Waals surface area contributed by atoms with Gasteiger partial charge in [-0.05, 0) is 50.1 Å². The topological polar surface area (TPSA) is 76.9 Å². The van der Waals surface area contributed by atoms with Gasteiger partial charge in [-0.25, -0.2) is 8.42 Å². The molecule has 25 heavy (non-hydrogen) atoms. The highest BCUT2D eigenvalue weighted by Crippen LogP contribution is 2.25. The number of nitrogens with one attached hydrogen (secondary N) is 1. The summed E-state index contributed by atoms with van der Waals surface area (Å²) in [6.07, 6.45) is 1.52. The van der Waals surface area contributed by atoms with Crippen LogP contribution in [0.15, 0.2) is 52.8 Å². The first-order chi connectivity index (χ1) is 11.8. The monoisotopic (exact) mass is 374 g/mol. The average Bonchev–Trinajstić information content (AvgIpc) is 2.91. The van der Waals surface area contributed by atoms with Crippen molar-refractivity contribution in [1.29, 1.82) is 0 Å². The van der Waals surface area contributed by atoms with Crippen LogP contribution in [0, 0.1) is 20.8 Å². The predicted molar refractivity (Wildman–Crippen MR) is 100 cm³/mol. The molecule has 1 aromatic heterocycles. The molecule has 130 valence electrons. The summed E-state index contributed by atoms with van der Waals surface area (Å²) >= 11 is 4.23. The summed E-state index contributed by atoms with van der Waals surface area (Å²) in [6.45, 7) is 5.55. The third-order valence-electron chi connectivity index (χ3n) is 3.78. The van der Waals surface area contributed by atoms with E-state index in [0.717, 1.165) is 16.7 Å². The lowest BCUT2D eigenvalue weighted by atomic mass is 10.1. The summed E-state index contributed by atoms with van der Waals surface area (Å²) in [7, 11) is -3.70. The standard InChI is InChI=1S/C17H18N4O2S2/c1-11-7-12(2)16(13(3)8-11)25(22,23)20-14-5-4-6-15(9-14)21-10-18-19-17(21)24/h4-10,20H,1-3H3,(H,19,24). The van der Waals surface area contributed by atoms with Crippen molar-refractivity contribution in [3.05, 3.63) is 59.4 Å². The first kappa shape index (κ1) is 17.5. The maximum absolute atomic E-state index is 12.9. The van der Waals surface area contributed by atoms with Gasteiger partial charge in [0, 0.05) is 0 Å². The van der Waals surface area contributed by atoms with Gasteiger partial charge in [0.1, 0.15) is 6.33 Å². The number of hydrogen-bond donors (Lipinski definition) is 2. The molecule has 0 unspecified atom stereocenters. The zero-order valence-corrected chi connectivity index (χ0v) is 15.8. The minimum Gasteiger partial charge on any atom is -0.280 e. The van der Waals surface area contributed by atoms with E-state index in [-0.39, 0.29) is 0 Å². The van der Waals surface area contributed by atoms with Crippen LogP contribution in [0.25, 0.3) is 5.69 Å². The van der Waals surface area contributed by atoms with E-state index in [0.29, 0.717) is 21.4 Å². The van der Waals surface area contributed by atoms with E-state index in [1.165, 1.54) is 6.33 Å². The van der Waals surface area contributed by atoms with Gasteiger partial charge in [-0.2, -0.15) is 0 Å². The Morgan fingerprint density at radius 3 is 2.36 bits per heavy atom. The van der Waals surface area contributed by atoms with Crippen LogP contribution >= 0.6 is 12.6 Å². The van der Waals surface area contributed by atoms with Crippen molar-refractivity contribution in [3.63, 3.8) is 0 Å². The molecule has 0 amide bonds. The van der Waals surface area contributed by atoms with Gasteiger partial charge in [0.15, 0.2) is 5.16 Å². The molecule has 0 aliphatic rings. The van der Waals surface area contributed by atoms with Crippen molar-refractivity contribution in [3.8, 4) is 5.69 Å². The van der Waals surface area contributed by atoms with Crippen molar-refractivity contribution in [2.45, 2.75) is 30.8 Å². The molecule has 6 nitrogen and oxygen atoms in total. The molecule has 0 aliphatic heterocycles. The fraction of sp³-hybridized carbons (Fsp3) is 0.176. The zero-order chi connectivity index (χ0) is 18.2. The third-order valence-corrected chi connectivity index (χ3v) is 5.77. The van der Waals surface area contributed by atoms with Gasteiger partial charge in [-0.15, -0.1) is 22.8 Å². The third kappa shape index (κ3) is 3.54. The van der Waals surface area contributed by atoms with Gasteiger partial charge >= 0.3 is 0 Å². The fourth-order valence-corrected chi connectivity index (χ4v) is 4.65. The Hall–Kier alpha value is -2.32. The van der Waals surface area contributed by atoms with Crippen LogP contribution in [0.2, 0.25) is 0 Å². The van der Waals surface area contributed by atoms with Crippen LogP contribution in [0.1, 0.15) is 16.7 Å². The lowest BCUT2D eigenvalue weighted by Gasteiger charge is -2.14. The van der Waals surface area contributed by atoms with Crippen LogP contribution < -0.4 is 4.72 Å². The molecule has 0 radical (unpaired) electrons. The molecule has 1 heterocycles. The smallest absolute Gasteiger partial charge is 0.262 e. The molecule has 8 heteroatoms. The SMILES string of the molecule is Cc1cc(C)c(S(=O)(=O)Nc2cccc(-n3cnnc3S)c2)c(C)c1. The summed E-state index contributed by atoms with van der Waals surface area (Å²) in [5.74, 6) is 0. The second-order valence-corrected chi connectivity index (χ2v) is 7.90. The number of anilines is 1. The molecule has 3 rings (SSSR count). The second-order valence-electron chi connectivity index (χ2n) is 5.88. The minimum absolute atomic E-state index is 0.308. The Bertz CT molecular complexity index is 1020. The van der Waals surface area contributed by atoms with E-state index in [4.69, 9.17) is 0 Å². The lowest BCUT2D eigenvalue weighted by Crippen LogP contribution is -2.16. The van der Waals surface area contributed by atoms with Gasteiger partial charge in [-0.3, -0.25) is 9.29 Å². The van der Waals surface area contributed by atoms with Crippen LogP contribution in [-0.2, 0) is 10.0 Å². The van der Waals surface area contributed by atoms with Crippen molar-refractivity contribution in [2.75, 3.05) is 4.72 Å². The van der Waals surface area contributed by atoms with Crippen molar-refractivity contribution in [1.82, 2.24) is 14.8 Å². The van der Waals surface area contributed by atoms with Crippen molar-refractivity contribution >= 4 is 28.3 Å². The maximum Gasteiger partial charge on any atom is 0.262 e. The van der Waals surface area contributed by atoms with Crippen LogP contribution in [0.4, 0.5) is 5.69 Å². The summed E-state index contributed by atoms with van der Waals surface area (Å²) in [5, 5.41) is 8.02. The van der Waals surface area contributed by atoms with Crippen LogP contribution in [-0.4, -0.2) is 23.2 Å². The van der Waals surface area contributed by atoms with Gasteiger partial charge in [-0.1, -0.05) is 23.8 Å². The number of aryl methyl sites for hydroxylation is 3. The van der Waals surface area contributed by atoms with E-state index in [2.05, 4.69) is 27.5 Å². The van der Waals surface area contributed by atoms with Crippen LogP contribution in [0.5, 0.6) is 0 Å². The Morgan fingerprint density at radius 2 is 1.76 bits per heavy atom. The summed E-state index contributed by atoms with van der Waals surface area (Å²) < 4.78 is 30.0. The van der Waals surface area contributed by atoms with E-state index in [1.54, 1.807) is 36.6 Å². The highest BCUT2D eigenvalue weighted by Gasteiger charge is 2.20. The Morgan fingerprint density at radius 1 is 1.08 bits per heavy atom. The first-order valence-electron chi connectivity index (χ1n) is 7.58. The summed E-state index contributed by atoms with van der Waals surface area (Å²) in [6, 6.07) is 10.7. The fourth-order valence-electron chi connectivity index (χ4n) is 2.93. The number of hydrogen-bond acceptors (Lipinski definition) is 5. The molecule has 0 saturated carbocycles. The number of nitrogens with zero attached hydrogens (tertiary/aromatic N) is 3. The van der Waals surface area contributed by atoms with Gasteiger partial charge in [0.25, 0.3) is 10.0 Å². The molecular weight excluding hydrogens is 356 g/mol. The Kier molecular flexibility index (Phi) is 4.57. The van der Waals surface area contributed by atoms with E-state index in [9.17, 15) is 8.42 Å². The number of rotatable bonds is 4. The van der Waals surface area contributed by atoms with E-state index < -0.39 is 10.0 Å².